The molecule has 1 heterocycles. The monoisotopic (exact) mass is 277 g/mol. The fraction of sp³-hybridized carbons (Fsp3) is 0.357. The molecule has 0 aliphatic heterocycles. The van der Waals surface area contributed by atoms with E-state index in [1.807, 2.05) is 17.7 Å². The number of halogens is 1. The molecule has 0 radical (unpaired) electrons. The lowest BCUT2D eigenvalue weighted by Gasteiger charge is -2.09. The average Bonchev–Trinajstić information content (AvgIpc) is 2.93. The largest absolute Gasteiger partial charge is 0.486 e. The number of nitrogens with two attached hydrogens (primary N) is 1. The summed E-state index contributed by atoms with van der Waals surface area (Å²) in [5.74, 6) is 1.66. The van der Waals surface area contributed by atoms with Gasteiger partial charge in [-0.25, -0.2) is 4.98 Å². The first-order valence-electron chi connectivity index (χ1n) is 6.32. The second-order valence-corrected chi connectivity index (χ2v) is 5.24. The van der Waals surface area contributed by atoms with E-state index in [2.05, 4.69) is 17.1 Å². The minimum absolute atomic E-state index is 0.178. The summed E-state index contributed by atoms with van der Waals surface area (Å²) in [5.41, 5.74) is 8.55. The maximum atomic E-state index is 6.02. The van der Waals surface area contributed by atoms with Gasteiger partial charge in [-0.1, -0.05) is 17.7 Å². The Morgan fingerprint density at radius 3 is 3.11 bits per heavy atom. The number of nitrogens with zero attached hydrogens (tertiary/aromatic N) is 2. The van der Waals surface area contributed by atoms with Gasteiger partial charge < -0.3 is 15.0 Å². The summed E-state index contributed by atoms with van der Waals surface area (Å²) in [7, 11) is 1.87. The molecule has 1 aromatic carbocycles. The predicted octanol–water partition coefficient (Wildman–Crippen LogP) is 2.60. The van der Waals surface area contributed by atoms with Crippen LogP contribution in [0, 0.1) is 0 Å². The molecule has 0 spiro atoms. The Kier molecular flexibility index (Phi) is 3.21. The van der Waals surface area contributed by atoms with Crippen LogP contribution in [0.3, 0.4) is 0 Å². The van der Waals surface area contributed by atoms with E-state index in [1.54, 1.807) is 6.20 Å². The highest BCUT2D eigenvalue weighted by Gasteiger charge is 2.19. The SMILES string of the molecule is Cn1c(Cl)cnc1COc1ccc2c(c1)CC[C@H]2N. The number of hydrogen-bond acceptors (Lipinski definition) is 3. The van der Waals surface area contributed by atoms with Crippen molar-refractivity contribution in [1.82, 2.24) is 9.55 Å². The number of hydrogen-bond donors (Lipinski definition) is 1. The van der Waals surface area contributed by atoms with Crippen molar-refractivity contribution in [3.8, 4) is 5.75 Å². The van der Waals surface area contributed by atoms with Gasteiger partial charge in [-0.05, 0) is 36.1 Å². The number of rotatable bonds is 3. The Bertz CT molecular complexity index is 609. The molecule has 1 aliphatic carbocycles. The van der Waals surface area contributed by atoms with E-state index >= 15 is 0 Å². The molecule has 0 saturated carbocycles. The molecule has 0 saturated heterocycles. The van der Waals surface area contributed by atoms with Crippen molar-refractivity contribution in [2.45, 2.75) is 25.5 Å². The molecule has 0 amide bonds. The number of aromatic nitrogens is 2. The molecule has 1 aliphatic rings. The van der Waals surface area contributed by atoms with E-state index in [0.29, 0.717) is 11.8 Å². The van der Waals surface area contributed by atoms with Crippen LogP contribution in [0.5, 0.6) is 5.75 Å². The molecule has 1 atom stereocenters. The van der Waals surface area contributed by atoms with E-state index in [0.717, 1.165) is 24.4 Å². The standard InChI is InChI=1S/C14H16ClN3O/c1-18-13(15)7-17-14(18)8-19-10-3-4-11-9(6-10)2-5-12(11)16/h3-4,6-7,12H,2,5,8,16H2,1H3/t12-/m1/s1. The zero-order valence-electron chi connectivity index (χ0n) is 10.8. The Hall–Kier alpha value is -1.52. The Morgan fingerprint density at radius 2 is 2.37 bits per heavy atom. The molecule has 4 nitrogen and oxygen atoms in total. The van der Waals surface area contributed by atoms with Crippen LogP contribution >= 0.6 is 11.6 Å². The first-order chi connectivity index (χ1) is 9.15. The Labute approximate surface area is 117 Å². The van der Waals surface area contributed by atoms with Crippen LogP contribution in [-0.4, -0.2) is 9.55 Å². The minimum atomic E-state index is 0.178. The third-order valence-corrected chi connectivity index (χ3v) is 3.99. The average molecular weight is 278 g/mol. The van der Waals surface area contributed by atoms with Crippen molar-refractivity contribution >= 4 is 11.6 Å². The maximum absolute atomic E-state index is 6.02. The van der Waals surface area contributed by atoms with Gasteiger partial charge in [-0.2, -0.15) is 0 Å². The smallest absolute Gasteiger partial charge is 0.147 e. The van der Waals surface area contributed by atoms with E-state index < -0.39 is 0 Å². The molecule has 100 valence electrons. The maximum Gasteiger partial charge on any atom is 0.147 e. The molecule has 2 aromatic rings. The van der Waals surface area contributed by atoms with E-state index in [4.69, 9.17) is 22.1 Å². The third kappa shape index (κ3) is 2.33. The highest BCUT2D eigenvalue weighted by Crippen LogP contribution is 2.32. The number of benzene rings is 1. The molecule has 1 aromatic heterocycles. The first-order valence-corrected chi connectivity index (χ1v) is 6.70. The van der Waals surface area contributed by atoms with Crippen molar-refractivity contribution in [2.75, 3.05) is 0 Å². The zero-order chi connectivity index (χ0) is 13.4. The quantitative estimate of drug-likeness (QED) is 0.938. The van der Waals surface area contributed by atoms with Crippen molar-refractivity contribution in [3.05, 3.63) is 46.5 Å². The normalized spacial score (nSPS) is 17.5. The molecule has 3 rings (SSSR count). The van der Waals surface area contributed by atoms with Gasteiger partial charge in [0.05, 0.1) is 6.20 Å². The van der Waals surface area contributed by atoms with Gasteiger partial charge in [0, 0.05) is 13.1 Å². The molecule has 5 heteroatoms. The van der Waals surface area contributed by atoms with Crippen LogP contribution in [0.15, 0.2) is 24.4 Å². The van der Waals surface area contributed by atoms with Gasteiger partial charge in [0.15, 0.2) is 0 Å². The van der Waals surface area contributed by atoms with Crippen molar-refractivity contribution in [2.24, 2.45) is 12.8 Å². The summed E-state index contributed by atoms with van der Waals surface area (Å²) < 4.78 is 7.57. The second kappa shape index (κ2) is 4.87. The summed E-state index contributed by atoms with van der Waals surface area (Å²) in [6.07, 6.45) is 3.68. The lowest BCUT2D eigenvalue weighted by Crippen LogP contribution is -2.05. The van der Waals surface area contributed by atoms with Crippen molar-refractivity contribution in [1.29, 1.82) is 0 Å². The lowest BCUT2D eigenvalue weighted by atomic mass is 10.1. The number of fused-ring (bicyclic) bond motifs is 1. The van der Waals surface area contributed by atoms with E-state index in [1.165, 1.54) is 11.1 Å². The van der Waals surface area contributed by atoms with Crippen molar-refractivity contribution < 1.29 is 4.74 Å². The number of aryl methyl sites for hydroxylation is 1. The minimum Gasteiger partial charge on any atom is -0.486 e. The fourth-order valence-corrected chi connectivity index (χ4v) is 2.57. The van der Waals surface area contributed by atoms with Gasteiger partial charge in [0.2, 0.25) is 0 Å². The summed E-state index contributed by atoms with van der Waals surface area (Å²) in [5, 5.41) is 0.610. The van der Waals surface area contributed by atoms with Gasteiger partial charge in [-0.15, -0.1) is 0 Å². The zero-order valence-corrected chi connectivity index (χ0v) is 11.5. The van der Waals surface area contributed by atoms with Crippen LogP contribution in [0.2, 0.25) is 5.15 Å². The summed E-state index contributed by atoms with van der Waals surface area (Å²) >= 11 is 5.93. The molecular weight excluding hydrogens is 262 g/mol. The Morgan fingerprint density at radius 1 is 1.53 bits per heavy atom. The highest BCUT2D eigenvalue weighted by atomic mass is 35.5. The number of ether oxygens (including phenoxy) is 1. The van der Waals surface area contributed by atoms with Crippen LogP contribution in [0.1, 0.15) is 29.4 Å². The Balaban J connectivity index is 1.73. The molecule has 0 unspecified atom stereocenters. The lowest BCUT2D eigenvalue weighted by molar-refractivity contribution is 0.291. The predicted molar refractivity (Wildman–Crippen MR) is 74.2 cm³/mol. The first kappa shape index (κ1) is 12.5. The van der Waals surface area contributed by atoms with Gasteiger partial charge in [0.25, 0.3) is 0 Å². The summed E-state index contributed by atoms with van der Waals surface area (Å²) in [4.78, 5) is 4.20. The van der Waals surface area contributed by atoms with Crippen LogP contribution < -0.4 is 10.5 Å². The third-order valence-electron chi connectivity index (χ3n) is 3.63. The van der Waals surface area contributed by atoms with Crippen molar-refractivity contribution in [3.63, 3.8) is 0 Å². The summed E-state index contributed by atoms with van der Waals surface area (Å²) in [6.45, 7) is 0.411. The van der Waals surface area contributed by atoms with Gasteiger partial charge in [-0.3, -0.25) is 0 Å². The highest BCUT2D eigenvalue weighted by molar-refractivity contribution is 6.29. The van der Waals surface area contributed by atoms with E-state index in [-0.39, 0.29) is 6.04 Å². The number of imidazole rings is 1. The summed E-state index contributed by atoms with van der Waals surface area (Å²) in [6, 6.07) is 6.28. The second-order valence-electron chi connectivity index (χ2n) is 4.85. The van der Waals surface area contributed by atoms with Crippen LogP contribution in [0.25, 0.3) is 0 Å². The van der Waals surface area contributed by atoms with Crippen LogP contribution in [0.4, 0.5) is 0 Å². The van der Waals surface area contributed by atoms with Crippen LogP contribution in [-0.2, 0) is 20.1 Å². The molecular formula is C14H16ClN3O. The topological polar surface area (TPSA) is 53.1 Å². The van der Waals surface area contributed by atoms with E-state index in [9.17, 15) is 0 Å². The molecule has 0 fully saturated rings. The van der Waals surface area contributed by atoms with Gasteiger partial charge in [0.1, 0.15) is 23.3 Å². The molecule has 2 N–H and O–H groups in total. The molecule has 19 heavy (non-hydrogen) atoms. The van der Waals surface area contributed by atoms with Gasteiger partial charge >= 0.3 is 0 Å². The fourth-order valence-electron chi connectivity index (χ4n) is 2.42. The molecule has 0 bridgehead atoms.